The van der Waals surface area contributed by atoms with E-state index in [4.69, 9.17) is 9.47 Å². The number of nitrogens with zero attached hydrogens (tertiary/aromatic N) is 1. The summed E-state index contributed by atoms with van der Waals surface area (Å²) >= 11 is 3.63. The molecule has 7 nitrogen and oxygen atoms in total. The zero-order valence-electron chi connectivity index (χ0n) is 15.2. The van der Waals surface area contributed by atoms with Crippen LogP contribution in [-0.4, -0.2) is 59.9 Å². The first-order chi connectivity index (χ1) is 13.5. The van der Waals surface area contributed by atoms with E-state index in [2.05, 4.69) is 21.2 Å². The lowest BCUT2D eigenvalue weighted by molar-refractivity contribution is -0.145. The predicted molar refractivity (Wildman–Crippen MR) is 103 cm³/mol. The monoisotopic (exact) mass is 448 g/mol. The Kier molecular flexibility index (Phi) is 4.43. The van der Waals surface area contributed by atoms with Crippen LogP contribution < -0.4 is 5.32 Å². The van der Waals surface area contributed by atoms with Gasteiger partial charge < -0.3 is 19.7 Å². The first-order valence-electron chi connectivity index (χ1n) is 9.67. The van der Waals surface area contributed by atoms with Crippen LogP contribution in [0.5, 0.6) is 0 Å². The number of nitrogens with one attached hydrogen (secondary N) is 1. The number of amides is 2. The van der Waals surface area contributed by atoms with E-state index in [1.165, 1.54) is 0 Å². The molecule has 2 bridgehead atoms. The number of carbonyl (C=O) groups is 3. The van der Waals surface area contributed by atoms with Crippen molar-refractivity contribution in [2.45, 2.75) is 17.4 Å². The number of halogens is 1. The standard InChI is InChI=1S/C20H21BrN2O5/c21-16-12-9-13-15(20(26)28-17(13)16)14(12)18(24)22-11-3-1-10(2-4-11)19(25)23-5-7-27-8-6-23/h1-4,12-17H,5-9H2,(H,22,24)/t12-,13-,14-,15-,16-,17+/m1/s1. The number of hydrogen-bond donors (Lipinski definition) is 1. The Morgan fingerprint density at radius 3 is 2.54 bits per heavy atom. The van der Waals surface area contributed by atoms with E-state index in [0.717, 1.165) is 6.42 Å². The minimum atomic E-state index is -0.365. The third-order valence-electron chi connectivity index (χ3n) is 6.52. The molecule has 8 heteroatoms. The maximum absolute atomic E-state index is 12.9. The van der Waals surface area contributed by atoms with Crippen LogP contribution >= 0.6 is 15.9 Å². The van der Waals surface area contributed by atoms with Crippen molar-refractivity contribution < 1.29 is 23.9 Å². The van der Waals surface area contributed by atoms with Gasteiger partial charge in [0, 0.05) is 30.3 Å². The summed E-state index contributed by atoms with van der Waals surface area (Å²) < 4.78 is 10.7. The number of ether oxygens (including phenoxy) is 2. The number of morpholine rings is 1. The highest BCUT2D eigenvalue weighted by atomic mass is 79.9. The fourth-order valence-electron chi connectivity index (χ4n) is 5.20. The largest absolute Gasteiger partial charge is 0.461 e. The summed E-state index contributed by atoms with van der Waals surface area (Å²) in [6.45, 7) is 2.30. The zero-order valence-corrected chi connectivity index (χ0v) is 16.8. The second kappa shape index (κ2) is 6.84. The van der Waals surface area contributed by atoms with Gasteiger partial charge in [-0.1, -0.05) is 15.9 Å². The van der Waals surface area contributed by atoms with Crippen molar-refractivity contribution in [3.63, 3.8) is 0 Å². The van der Waals surface area contributed by atoms with Crippen molar-refractivity contribution in [1.29, 1.82) is 0 Å². The minimum absolute atomic E-state index is 0.0313. The molecule has 1 aromatic carbocycles. The summed E-state index contributed by atoms with van der Waals surface area (Å²) in [5, 5.41) is 2.93. The minimum Gasteiger partial charge on any atom is -0.461 e. The first kappa shape index (κ1) is 18.1. The summed E-state index contributed by atoms with van der Waals surface area (Å²) in [6, 6.07) is 6.92. The third kappa shape index (κ3) is 2.76. The van der Waals surface area contributed by atoms with Gasteiger partial charge in [-0.3, -0.25) is 14.4 Å². The van der Waals surface area contributed by atoms with E-state index < -0.39 is 0 Å². The van der Waals surface area contributed by atoms with Crippen LogP contribution in [0, 0.1) is 23.7 Å². The van der Waals surface area contributed by atoms with Crippen molar-refractivity contribution in [2.75, 3.05) is 31.6 Å². The fraction of sp³-hybridized carbons (Fsp3) is 0.550. The highest BCUT2D eigenvalue weighted by Crippen LogP contribution is 2.60. The van der Waals surface area contributed by atoms with Crippen molar-refractivity contribution in [3.05, 3.63) is 29.8 Å². The number of esters is 1. The van der Waals surface area contributed by atoms with Gasteiger partial charge in [0.2, 0.25) is 5.91 Å². The average Bonchev–Trinajstić information content (AvgIpc) is 3.33. The van der Waals surface area contributed by atoms with Gasteiger partial charge >= 0.3 is 5.97 Å². The Hall–Kier alpha value is -1.93. The Morgan fingerprint density at radius 2 is 1.82 bits per heavy atom. The van der Waals surface area contributed by atoms with Crippen molar-refractivity contribution in [1.82, 2.24) is 4.90 Å². The molecule has 0 unspecified atom stereocenters. The summed E-state index contributed by atoms with van der Waals surface area (Å²) in [5.41, 5.74) is 1.21. The van der Waals surface area contributed by atoms with Crippen LogP contribution in [0.4, 0.5) is 5.69 Å². The highest BCUT2D eigenvalue weighted by molar-refractivity contribution is 9.09. The summed E-state index contributed by atoms with van der Waals surface area (Å²) in [5.74, 6) is -0.852. The Morgan fingerprint density at radius 1 is 1.11 bits per heavy atom. The van der Waals surface area contributed by atoms with Gasteiger partial charge in [-0.2, -0.15) is 0 Å². The molecule has 1 aromatic rings. The van der Waals surface area contributed by atoms with Gasteiger partial charge in [-0.15, -0.1) is 0 Å². The van der Waals surface area contributed by atoms with Crippen LogP contribution in [0.3, 0.4) is 0 Å². The fourth-order valence-corrected chi connectivity index (χ4v) is 6.25. The van der Waals surface area contributed by atoms with Crippen molar-refractivity contribution in [2.24, 2.45) is 23.7 Å². The number of anilines is 1. The lowest BCUT2D eigenvalue weighted by Gasteiger charge is -2.28. The number of benzene rings is 1. The third-order valence-corrected chi connectivity index (χ3v) is 7.72. The smallest absolute Gasteiger partial charge is 0.310 e. The molecule has 28 heavy (non-hydrogen) atoms. The van der Waals surface area contributed by atoms with Crippen LogP contribution in [0.1, 0.15) is 16.8 Å². The summed E-state index contributed by atoms with van der Waals surface area (Å²) in [7, 11) is 0. The molecule has 0 aromatic heterocycles. The molecule has 5 rings (SSSR count). The van der Waals surface area contributed by atoms with E-state index in [9.17, 15) is 14.4 Å². The van der Waals surface area contributed by atoms with E-state index in [1.807, 2.05) is 0 Å². The second-order valence-corrected chi connectivity index (χ2v) is 8.99. The first-order valence-corrected chi connectivity index (χ1v) is 10.6. The summed E-state index contributed by atoms with van der Waals surface area (Å²) in [6.07, 6.45) is 0.763. The van der Waals surface area contributed by atoms with Gasteiger partial charge in [0.05, 0.1) is 29.9 Å². The van der Waals surface area contributed by atoms with Gasteiger partial charge in [-0.05, 0) is 36.6 Å². The number of carbonyl (C=O) groups excluding carboxylic acids is 3. The molecular formula is C20H21BrN2O5. The number of hydrogen-bond acceptors (Lipinski definition) is 5. The van der Waals surface area contributed by atoms with Gasteiger partial charge in [0.25, 0.3) is 5.91 Å². The zero-order chi connectivity index (χ0) is 19.4. The average molecular weight is 449 g/mol. The van der Waals surface area contributed by atoms with Gasteiger partial charge in [-0.25, -0.2) is 0 Å². The van der Waals surface area contributed by atoms with E-state index in [1.54, 1.807) is 29.2 Å². The van der Waals surface area contributed by atoms with Crippen LogP contribution in [-0.2, 0) is 19.1 Å². The molecule has 4 fully saturated rings. The normalized spacial score (nSPS) is 35.8. The molecule has 0 radical (unpaired) electrons. The molecule has 2 amide bonds. The Labute approximate surface area is 170 Å². The molecule has 4 aliphatic rings. The van der Waals surface area contributed by atoms with Gasteiger partial charge in [0.1, 0.15) is 6.10 Å². The van der Waals surface area contributed by atoms with Crippen molar-refractivity contribution >= 4 is 39.4 Å². The quantitative estimate of drug-likeness (QED) is 0.561. The SMILES string of the molecule is O=C(Nc1ccc(C(=O)N2CCOCC2)cc1)[C@@H]1[C@H]2C[C@H]3[C@H](OC(=O)[C@H]31)[C@@H]2Br. The molecule has 1 N–H and O–H groups in total. The molecule has 148 valence electrons. The van der Waals surface area contributed by atoms with Crippen LogP contribution in [0.15, 0.2) is 24.3 Å². The van der Waals surface area contributed by atoms with Crippen LogP contribution in [0.2, 0.25) is 0 Å². The molecular weight excluding hydrogens is 428 g/mol. The Balaban J connectivity index is 1.27. The number of alkyl halides is 1. The van der Waals surface area contributed by atoms with E-state index in [0.29, 0.717) is 37.6 Å². The lowest BCUT2D eigenvalue weighted by atomic mass is 9.79. The maximum Gasteiger partial charge on any atom is 0.310 e. The molecule has 2 aliphatic carbocycles. The molecule has 2 aliphatic heterocycles. The Bertz CT molecular complexity index is 822. The molecule has 2 saturated heterocycles. The van der Waals surface area contributed by atoms with Gasteiger partial charge in [0.15, 0.2) is 0 Å². The van der Waals surface area contributed by atoms with Crippen molar-refractivity contribution in [3.8, 4) is 0 Å². The van der Waals surface area contributed by atoms with E-state index >= 15 is 0 Å². The second-order valence-electron chi connectivity index (χ2n) is 7.93. The highest BCUT2D eigenvalue weighted by Gasteiger charge is 2.67. The molecule has 6 atom stereocenters. The summed E-state index contributed by atoms with van der Waals surface area (Å²) in [4.78, 5) is 39.5. The lowest BCUT2D eigenvalue weighted by Crippen LogP contribution is -2.41. The molecule has 0 spiro atoms. The molecule has 2 heterocycles. The predicted octanol–water partition coefficient (Wildman–Crippen LogP) is 1.67. The number of fused-ring (bicyclic) bond motifs is 1. The number of rotatable bonds is 3. The van der Waals surface area contributed by atoms with Crippen LogP contribution in [0.25, 0.3) is 0 Å². The van der Waals surface area contributed by atoms with E-state index in [-0.39, 0.29) is 52.4 Å². The topological polar surface area (TPSA) is 84.9 Å². The maximum atomic E-state index is 12.9. The molecule has 2 saturated carbocycles.